The summed E-state index contributed by atoms with van der Waals surface area (Å²) in [5, 5.41) is 3.84. The molecule has 3 N–H and O–H groups in total. The fourth-order valence-electron chi connectivity index (χ4n) is 1.54. The Bertz CT molecular complexity index is 433. The third kappa shape index (κ3) is 4.84. The lowest BCUT2D eigenvalue weighted by Gasteiger charge is -2.10. The second-order valence-electron chi connectivity index (χ2n) is 4.50. The number of aryl methyl sites for hydroxylation is 1. The summed E-state index contributed by atoms with van der Waals surface area (Å²) in [6, 6.07) is 3.53. The van der Waals surface area contributed by atoms with Gasteiger partial charge in [0.1, 0.15) is 0 Å². The van der Waals surface area contributed by atoms with Crippen LogP contribution in [0.5, 0.6) is 0 Å². The molecule has 1 amide bonds. The maximum absolute atomic E-state index is 11.7. The lowest BCUT2D eigenvalue weighted by Crippen LogP contribution is -2.17. The van der Waals surface area contributed by atoms with Crippen LogP contribution in [0.3, 0.4) is 0 Å². The Kier molecular flexibility index (Phi) is 5.93. The van der Waals surface area contributed by atoms with Crippen LogP contribution in [0, 0.1) is 6.92 Å². The Labute approximate surface area is 118 Å². The molecule has 3 nitrogen and oxygen atoms in total. The van der Waals surface area contributed by atoms with E-state index in [4.69, 9.17) is 28.9 Å². The number of halogens is 2. The van der Waals surface area contributed by atoms with Crippen molar-refractivity contribution < 1.29 is 4.79 Å². The van der Waals surface area contributed by atoms with Gasteiger partial charge in [-0.2, -0.15) is 0 Å². The van der Waals surface area contributed by atoms with Crippen LogP contribution in [0.2, 0.25) is 10.0 Å². The Morgan fingerprint density at radius 2 is 2.06 bits per heavy atom. The smallest absolute Gasteiger partial charge is 0.224 e. The van der Waals surface area contributed by atoms with Crippen molar-refractivity contribution in [2.75, 3.05) is 5.32 Å². The first-order chi connectivity index (χ1) is 8.40. The van der Waals surface area contributed by atoms with E-state index in [1.807, 2.05) is 13.8 Å². The topological polar surface area (TPSA) is 55.1 Å². The molecule has 0 bridgehead atoms. The third-order valence-corrected chi connectivity index (χ3v) is 3.31. The molecule has 0 aromatic heterocycles. The van der Waals surface area contributed by atoms with Crippen molar-refractivity contribution in [2.24, 2.45) is 5.73 Å². The highest BCUT2D eigenvalue weighted by atomic mass is 35.5. The van der Waals surface area contributed by atoms with Crippen molar-refractivity contribution in [3.63, 3.8) is 0 Å². The molecule has 1 atom stereocenters. The zero-order chi connectivity index (χ0) is 13.7. The molecule has 1 rings (SSSR count). The van der Waals surface area contributed by atoms with Gasteiger partial charge in [-0.05, 0) is 44.4 Å². The molecule has 1 unspecified atom stereocenters. The predicted molar refractivity (Wildman–Crippen MR) is 77.3 cm³/mol. The van der Waals surface area contributed by atoms with Crippen LogP contribution < -0.4 is 11.1 Å². The van der Waals surface area contributed by atoms with E-state index in [1.165, 1.54) is 0 Å². The molecule has 100 valence electrons. The minimum Gasteiger partial charge on any atom is -0.328 e. The number of nitrogens with one attached hydrogen (secondary N) is 1. The van der Waals surface area contributed by atoms with E-state index in [1.54, 1.807) is 12.1 Å². The van der Waals surface area contributed by atoms with Gasteiger partial charge in [-0.3, -0.25) is 4.79 Å². The molecule has 0 saturated heterocycles. The van der Waals surface area contributed by atoms with Crippen molar-refractivity contribution in [3.8, 4) is 0 Å². The number of carbonyl (C=O) groups is 1. The summed E-state index contributed by atoms with van der Waals surface area (Å²) in [5.41, 5.74) is 7.06. The fourth-order valence-corrected chi connectivity index (χ4v) is 1.97. The van der Waals surface area contributed by atoms with Gasteiger partial charge in [-0.1, -0.05) is 23.2 Å². The van der Waals surface area contributed by atoms with Crippen molar-refractivity contribution in [3.05, 3.63) is 27.7 Å². The van der Waals surface area contributed by atoms with Gasteiger partial charge in [0.2, 0.25) is 5.91 Å². The number of carbonyl (C=O) groups excluding carboxylic acids is 1. The molecule has 0 aliphatic heterocycles. The quantitative estimate of drug-likeness (QED) is 0.867. The lowest BCUT2D eigenvalue weighted by molar-refractivity contribution is -0.116. The summed E-state index contributed by atoms with van der Waals surface area (Å²) in [5.74, 6) is -0.0718. The molecule has 0 aliphatic rings. The zero-order valence-corrected chi connectivity index (χ0v) is 12.1. The van der Waals surface area contributed by atoms with E-state index in [0.717, 1.165) is 18.4 Å². The molecular weight excluding hydrogens is 271 g/mol. The molecule has 0 spiro atoms. The molecule has 0 fully saturated rings. The lowest BCUT2D eigenvalue weighted by atomic mass is 10.1. The number of hydrogen-bond donors (Lipinski definition) is 2. The Hall–Kier alpha value is -0.770. The number of anilines is 1. The van der Waals surface area contributed by atoms with Gasteiger partial charge >= 0.3 is 0 Å². The van der Waals surface area contributed by atoms with E-state index in [2.05, 4.69) is 5.32 Å². The summed E-state index contributed by atoms with van der Waals surface area (Å²) in [7, 11) is 0. The van der Waals surface area contributed by atoms with Crippen LogP contribution in [0.25, 0.3) is 0 Å². The number of benzene rings is 1. The highest BCUT2D eigenvalue weighted by Crippen LogP contribution is 2.28. The Morgan fingerprint density at radius 3 is 2.67 bits per heavy atom. The predicted octanol–water partition coefficient (Wildman–Crippen LogP) is 3.76. The molecule has 1 aromatic carbocycles. The minimum atomic E-state index is -0.0718. The van der Waals surface area contributed by atoms with Crippen molar-refractivity contribution in [1.82, 2.24) is 0 Å². The molecule has 0 heterocycles. The number of hydrogen-bond acceptors (Lipinski definition) is 2. The van der Waals surface area contributed by atoms with Crippen LogP contribution in [-0.2, 0) is 4.79 Å². The summed E-state index contributed by atoms with van der Waals surface area (Å²) < 4.78 is 0. The maximum Gasteiger partial charge on any atom is 0.224 e. The SMILES string of the molecule is Cc1cc(Cl)c(NC(=O)CCCC(C)N)cc1Cl. The summed E-state index contributed by atoms with van der Waals surface area (Å²) in [6.07, 6.45) is 2.03. The van der Waals surface area contributed by atoms with Crippen LogP contribution in [0.4, 0.5) is 5.69 Å². The third-order valence-electron chi connectivity index (χ3n) is 2.59. The van der Waals surface area contributed by atoms with E-state index in [0.29, 0.717) is 22.2 Å². The van der Waals surface area contributed by atoms with E-state index < -0.39 is 0 Å². The summed E-state index contributed by atoms with van der Waals surface area (Å²) in [4.78, 5) is 11.7. The van der Waals surface area contributed by atoms with Crippen molar-refractivity contribution >= 4 is 34.8 Å². The molecule has 18 heavy (non-hydrogen) atoms. The van der Waals surface area contributed by atoms with Crippen LogP contribution in [0.1, 0.15) is 31.7 Å². The second-order valence-corrected chi connectivity index (χ2v) is 5.31. The largest absolute Gasteiger partial charge is 0.328 e. The molecule has 1 aromatic rings. The second kappa shape index (κ2) is 6.98. The number of rotatable bonds is 5. The van der Waals surface area contributed by atoms with Crippen LogP contribution in [-0.4, -0.2) is 11.9 Å². The first kappa shape index (κ1) is 15.3. The minimum absolute atomic E-state index is 0.0718. The van der Waals surface area contributed by atoms with Gasteiger partial charge in [0.25, 0.3) is 0 Å². The van der Waals surface area contributed by atoms with Gasteiger partial charge in [0.05, 0.1) is 10.7 Å². The summed E-state index contributed by atoms with van der Waals surface area (Å²) in [6.45, 7) is 3.79. The monoisotopic (exact) mass is 288 g/mol. The summed E-state index contributed by atoms with van der Waals surface area (Å²) >= 11 is 12.0. The first-order valence-corrected chi connectivity index (χ1v) is 6.67. The first-order valence-electron chi connectivity index (χ1n) is 5.91. The molecule has 5 heteroatoms. The Morgan fingerprint density at radius 1 is 1.39 bits per heavy atom. The van der Waals surface area contributed by atoms with Crippen molar-refractivity contribution in [2.45, 2.75) is 39.2 Å². The number of nitrogens with two attached hydrogens (primary N) is 1. The molecule has 0 radical (unpaired) electrons. The van der Waals surface area contributed by atoms with E-state index in [9.17, 15) is 4.79 Å². The average Bonchev–Trinajstić information content (AvgIpc) is 2.25. The molecule has 0 saturated carbocycles. The van der Waals surface area contributed by atoms with Gasteiger partial charge in [0, 0.05) is 17.5 Å². The van der Waals surface area contributed by atoms with Gasteiger partial charge in [-0.25, -0.2) is 0 Å². The fraction of sp³-hybridized carbons (Fsp3) is 0.462. The highest BCUT2D eigenvalue weighted by Gasteiger charge is 2.08. The molecule has 0 aliphatic carbocycles. The average molecular weight is 289 g/mol. The van der Waals surface area contributed by atoms with Gasteiger partial charge in [-0.15, -0.1) is 0 Å². The zero-order valence-electron chi connectivity index (χ0n) is 10.6. The van der Waals surface area contributed by atoms with Crippen molar-refractivity contribution in [1.29, 1.82) is 0 Å². The van der Waals surface area contributed by atoms with Crippen LogP contribution >= 0.6 is 23.2 Å². The Balaban J connectivity index is 2.57. The van der Waals surface area contributed by atoms with Gasteiger partial charge in [0.15, 0.2) is 0 Å². The standard InChI is InChI=1S/C13H18Cl2N2O/c1-8-6-11(15)12(7-10(8)14)17-13(18)5-3-4-9(2)16/h6-7,9H,3-5,16H2,1-2H3,(H,17,18). The van der Waals surface area contributed by atoms with E-state index >= 15 is 0 Å². The van der Waals surface area contributed by atoms with Gasteiger partial charge < -0.3 is 11.1 Å². The van der Waals surface area contributed by atoms with Crippen LogP contribution in [0.15, 0.2) is 12.1 Å². The normalized spacial score (nSPS) is 12.3. The highest BCUT2D eigenvalue weighted by molar-refractivity contribution is 6.36. The number of amides is 1. The molecular formula is C13H18Cl2N2O. The maximum atomic E-state index is 11.7. The van der Waals surface area contributed by atoms with E-state index in [-0.39, 0.29) is 11.9 Å².